The number of hydrogen-bond acceptors (Lipinski definition) is 9. The van der Waals surface area contributed by atoms with Gasteiger partial charge in [-0.2, -0.15) is 0 Å². The lowest BCUT2D eigenvalue weighted by atomic mass is 9.91. The highest BCUT2D eigenvalue weighted by molar-refractivity contribution is 7.20. The molecule has 332 valence electrons. The molecular formula is C48H57FN8O5S. The summed E-state index contributed by atoms with van der Waals surface area (Å²) in [5.74, 6) is 0.970. The average molecular weight is 877 g/mol. The first-order chi connectivity index (χ1) is 30.6. The molecule has 8 rings (SSSR count). The van der Waals surface area contributed by atoms with Gasteiger partial charge in [-0.25, -0.2) is 14.4 Å². The minimum absolute atomic E-state index is 0.0267. The molecule has 6 aromatic rings. The maximum Gasteiger partial charge on any atom is 0.291 e. The number of hydrogen-bond donors (Lipinski definition) is 2. The van der Waals surface area contributed by atoms with Crippen LogP contribution in [0.1, 0.15) is 131 Å². The first-order valence-electron chi connectivity index (χ1n) is 22.2. The summed E-state index contributed by atoms with van der Waals surface area (Å²) in [5.41, 5.74) is 2.37. The number of unbranched alkanes of at least 4 members (excludes halogenated alkanes) is 2. The van der Waals surface area contributed by atoms with E-state index >= 15 is 0 Å². The zero-order valence-corrected chi connectivity index (χ0v) is 37.0. The molecule has 4 amide bonds. The molecule has 2 fully saturated rings. The van der Waals surface area contributed by atoms with Gasteiger partial charge in [0.05, 0.1) is 26.4 Å². The largest absolute Gasteiger partial charge is 0.438 e. The molecule has 0 unspecified atom stereocenters. The second-order valence-corrected chi connectivity index (χ2v) is 17.9. The number of nitrogens with one attached hydrogen (secondary N) is 2. The lowest BCUT2D eigenvalue weighted by molar-refractivity contribution is 0.0650. The van der Waals surface area contributed by atoms with E-state index in [0.29, 0.717) is 49.3 Å². The molecule has 0 saturated carbocycles. The van der Waals surface area contributed by atoms with Crippen LogP contribution in [0.4, 0.5) is 4.39 Å². The Hall–Kier alpha value is -5.96. The number of fused-ring (bicyclic) bond motifs is 2. The third-order valence-electron chi connectivity index (χ3n) is 12.1. The van der Waals surface area contributed by atoms with Gasteiger partial charge in [0.1, 0.15) is 11.5 Å². The van der Waals surface area contributed by atoms with Gasteiger partial charge in [0.2, 0.25) is 5.76 Å². The Morgan fingerprint density at radius 3 is 2.14 bits per heavy atom. The summed E-state index contributed by atoms with van der Waals surface area (Å²) < 4.78 is 22.1. The number of aromatic nitrogens is 4. The van der Waals surface area contributed by atoms with Gasteiger partial charge in [-0.3, -0.25) is 24.2 Å². The zero-order valence-electron chi connectivity index (χ0n) is 36.1. The van der Waals surface area contributed by atoms with Gasteiger partial charge in [0.25, 0.3) is 23.6 Å². The first-order valence-corrected chi connectivity index (χ1v) is 23.1. The van der Waals surface area contributed by atoms with Crippen molar-refractivity contribution in [2.45, 2.75) is 84.0 Å². The number of rotatable bonds is 15. The molecule has 0 radical (unpaired) electrons. The van der Waals surface area contributed by atoms with E-state index < -0.39 is 5.82 Å². The number of carbonyl (C=O) groups excluding carboxylic acids is 4. The summed E-state index contributed by atoms with van der Waals surface area (Å²) >= 11 is 1.46. The molecule has 0 bridgehead atoms. The molecule has 2 N–H and O–H groups in total. The summed E-state index contributed by atoms with van der Waals surface area (Å²) in [7, 11) is 0. The Morgan fingerprint density at radius 2 is 1.48 bits per heavy atom. The van der Waals surface area contributed by atoms with Gasteiger partial charge in [0, 0.05) is 70.3 Å². The molecule has 2 saturated heterocycles. The van der Waals surface area contributed by atoms with Crippen LogP contribution in [0.15, 0.2) is 90.3 Å². The minimum Gasteiger partial charge on any atom is -0.438 e. The molecule has 1 aromatic carbocycles. The number of nitrogens with zero attached hydrogens (tertiary/aromatic N) is 6. The number of piperidine rings is 2. The van der Waals surface area contributed by atoms with Crippen LogP contribution in [-0.4, -0.2) is 92.0 Å². The SMILES string of the molecule is CC(C)c1ncoc1C(=O)N1CCC(CCCCNC(=O)c2ccc3nccn3c2)CC1.O=C(NCCCCC1CCN(C(=O)c2ccccc2F)CC1)c1cc2ccncc2s1. The highest BCUT2D eigenvalue weighted by Gasteiger charge is 2.29. The van der Waals surface area contributed by atoms with Crippen molar-refractivity contribution in [3.05, 3.63) is 119 Å². The maximum absolute atomic E-state index is 13.9. The minimum atomic E-state index is -0.455. The fourth-order valence-corrected chi connectivity index (χ4v) is 9.33. The van der Waals surface area contributed by atoms with Crippen LogP contribution < -0.4 is 10.6 Å². The maximum atomic E-state index is 13.9. The standard InChI is InChI=1S/C24H26FN3O2S.C24H31N5O3/c25-20-7-2-1-6-19(20)24(30)28-13-9-17(10-14-28)5-3-4-11-27-23(29)21-15-18-8-12-26-16-22(18)31-21;1-17(2)21-22(32-16-27-21)24(31)28-12-8-18(9-13-28)5-3-4-10-26-23(30)19-6-7-20-25-11-14-29(20)15-19/h1-2,6-8,12,15-17H,3-5,9-11,13-14H2,(H,27,29);6-7,11,14-18H,3-5,8-10,12-13H2,1-2H3,(H,26,30). The number of oxazole rings is 1. The van der Waals surface area contributed by atoms with Crippen LogP contribution in [0.3, 0.4) is 0 Å². The number of amides is 4. The van der Waals surface area contributed by atoms with Gasteiger partial charge >= 0.3 is 0 Å². The van der Waals surface area contributed by atoms with Crippen LogP contribution >= 0.6 is 11.3 Å². The molecule has 0 aliphatic carbocycles. The summed E-state index contributed by atoms with van der Waals surface area (Å²) in [6.07, 6.45) is 20.4. The second kappa shape index (κ2) is 21.9. The van der Waals surface area contributed by atoms with E-state index in [2.05, 4.69) is 25.6 Å². The smallest absolute Gasteiger partial charge is 0.291 e. The molecule has 0 atom stereocenters. The molecule has 7 heterocycles. The predicted molar refractivity (Wildman–Crippen MR) is 241 cm³/mol. The Kier molecular flexibility index (Phi) is 15.7. The summed E-state index contributed by atoms with van der Waals surface area (Å²) in [4.78, 5) is 66.8. The third kappa shape index (κ3) is 11.9. The number of pyridine rings is 2. The van der Waals surface area contributed by atoms with Crippen molar-refractivity contribution in [3.63, 3.8) is 0 Å². The van der Waals surface area contributed by atoms with Crippen LogP contribution in [0.5, 0.6) is 0 Å². The molecular weight excluding hydrogens is 820 g/mol. The fraction of sp³-hybridized carbons (Fsp3) is 0.438. The molecule has 13 nitrogen and oxygen atoms in total. The van der Waals surface area contributed by atoms with E-state index in [-0.39, 0.29) is 35.1 Å². The second-order valence-electron chi connectivity index (χ2n) is 16.8. The van der Waals surface area contributed by atoms with Crippen molar-refractivity contribution < 1.29 is 28.0 Å². The van der Waals surface area contributed by atoms with Gasteiger partial charge in [0.15, 0.2) is 6.39 Å². The number of halogens is 1. The molecule has 2 aliphatic heterocycles. The molecule has 15 heteroatoms. The van der Waals surface area contributed by atoms with Crippen LogP contribution in [-0.2, 0) is 0 Å². The van der Waals surface area contributed by atoms with Crippen molar-refractivity contribution in [3.8, 4) is 0 Å². The zero-order chi connectivity index (χ0) is 44.1. The molecule has 2 aliphatic rings. The number of benzene rings is 1. The van der Waals surface area contributed by atoms with Gasteiger partial charge in [-0.15, -0.1) is 11.3 Å². The van der Waals surface area contributed by atoms with Gasteiger partial charge < -0.3 is 29.3 Å². The Bertz CT molecular complexity index is 2430. The summed E-state index contributed by atoms with van der Waals surface area (Å²) in [5, 5.41) is 7.06. The first kappa shape index (κ1) is 45.1. The highest BCUT2D eigenvalue weighted by Crippen LogP contribution is 2.28. The van der Waals surface area contributed by atoms with Crippen molar-refractivity contribution in [2.24, 2.45) is 11.8 Å². The topological polar surface area (TPSA) is 155 Å². The predicted octanol–water partition coefficient (Wildman–Crippen LogP) is 8.79. The lowest BCUT2D eigenvalue weighted by Gasteiger charge is -2.32. The van der Waals surface area contributed by atoms with Crippen LogP contribution in [0, 0.1) is 17.7 Å². The summed E-state index contributed by atoms with van der Waals surface area (Å²) in [6, 6.07) is 13.6. The van der Waals surface area contributed by atoms with Gasteiger partial charge in [-0.05, 0) is 98.1 Å². The average Bonchev–Trinajstić information content (AvgIpc) is 4.10. The molecule has 5 aromatic heterocycles. The van der Waals surface area contributed by atoms with E-state index in [9.17, 15) is 23.6 Å². The third-order valence-corrected chi connectivity index (χ3v) is 13.2. The quantitative estimate of drug-likeness (QED) is 0.0971. The fourth-order valence-electron chi connectivity index (χ4n) is 8.38. The van der Waals surface area contributed by atoms with Crippen molar-refractivity contribution in [2.75, 3.05) is 39.3 Å². The van der Waals surface area contributed by atoms with E-state index in [0.717, 1.165) is 104 Å². The van der Waals surface area contributed by atoms with Crippen molar-refractivity contribution in [1.82, 2.24) is 39.8 Å². The monoisotopic (exact) mass is 876 g/mol. The van der Waals surface area contributed by atoms with Crippen LogP contribution in [0.25, 0.3) is 15.7 Å². The Labute approximate surface area is 371 Å². The molecule has 63 heavy (non-hydrogen) atoms. The number of imidazole rings is 1. The van der Waals surface area contributed by atoms with Crippen LogP contribution in [0.2, 0.25) is 0 Å². The number of thiophene rings is 1. The Morgan fingerprint density at radius 1 is 0.810 bits per heavy atom. The van der Waals surface area contributed by atoms with Crippen molar-refractivity contribution >= 4 is 50.7 Å². The van der Waals surface area contributed by atoms with E-state index in [1.54, 1.807) is 54.0 Å². The number of likely N-dealkylation sites (tertiary alicyclic amines) is 2. The van der Waals surface area contributed by atoms with E-state index in [1.807, 2.05) is 47.5 Å². The highest BCUT2D eigenvalue weighted by atomic mass is 32.1. The van der Waals surface area contributed by atoms with Gasteiger partial charge in [-0.1, -0.05) is 51.7 Å². The summed E-state index contributed by atoms with van der Waals surface area (Å²) in [6.45, 7) is 8.23. The lowest BCUT2D eigenvalue weighted by Crippen LogP contribution is -2.38. The van der Waals surface area contributed by atoms with E-state index in [4.69, 9.17) is 4.42 Å². The molecule has 0 spiro atoms. The van der Waals surface area contributed by atoms with E-state index in [1.165, 1.54) is 23.8 Å². The number of carbonyl (C=O) groups is 4. The normalized spacial score (nSPS) is 14.8. The van der Waals surface area contributed by atoms with Crippen molar-refractivity contribution in [1.29, 1.82) is 0 Å². The Balaban J connectivity index is 0.000000189.